The smallest absolute Gasteiger partial charge is 0.226 e. The third kappa shape index (κ3) is 5.14. The summed E-state index contributed by atoms with van der Waals surface area (Å²) in [5.74, 6) is 0.964. The predicted octanol–water partition coefficient (Wildman–Crippen LogP) is 2.55. The Kier molecular flexibility index (Phi) is 5.58. The van der Waals surface area contributed by atoms with E-state index in [1.165, 1.54) is 0 Å². The van der Waals surface area contributed by atoms with Crippen molar-refractivity contribution in [3.8, 4) is 5.75 Å². The van der Waals surface area contributed by atoms with E-state index in [0.29, 0.717) is 17.5 Å². The van der Waals surface area contributed by atoms with Crippen LogP contribution in [0.5, 0.6) is 5.75 Å². The predicted molar refractivity (Wildman–Crippen MR) is 76.8 cm³/mol. The first-order valence-electron chi connectivity index (χ1n) is 5.76. The summed E-state index contributed by atoms with van der Waals surface area (Å²) in [5, 5.41) is 5.88. The zero-order valence-electron chi connectivity index (χ0n) is 10.8. The van der Waals surface area contributed by atoms with Crippen LogP contribution in [0.4, 0.5) is 5.69 Å². The highest BCUT2D eigenvalue weighted by Gasteiger charge is 2.07. The van der Waals surface area contributed by atoms with E-state index < -0.39 is 0 Å². The van der Waals surface area contributed by atoms with E-state index in [4.69, 9.17) is 17.0 Å². The van der Waals surface area contributed by atoms with Crippen LogP contribution in [-0.2, 0) is 4.79 Å². The second-order valence-corrected chi connectivity index (χ2v) is 4.74. The SMILES string of the molecule is COc1cccc(NC(=S)NC(=O)CC(C)C)c1. The molecule has 0 bridgehead atoms. The number of benzene rings is 1. The van der Waals surface area contributed by atoms with Gasteiger partial charge in [-0.25, -0.2) is 0 Å². The molecule has 0 radical (unpaired) electrons. The van der Waals surface area contributed by atoms with Gasteiger partial charge in [0.15, 0.2) is 5.11 Å². The van der Waals surface area contributed by atoms with Gasteiger partial charge in [-0.15, -0.1) is 0 Å². The number of amides is 1. The van der Waals surface area contributed by atoms with Crippen LogP contribution in [0, 0.1) is 5.92 Å². The Labute approximate surface area is 113 Å². The average Bonchev–Trinajstić information content (AvgIpc) is 2.27. The van der Waals surface area contributed by atoms with Crippen LogP contribution in [0.2, 0.25) is 0 Å². The van der Waals surface area contributed by atoms with Gasteiger partial charge in [0.05, 0.1) is 7.11 Å². The van der Waals surface area contributed by atoms with Crippen LogP contribution in [0.3, 0.4) is 0 Å². The highest BCUT2D eigenvalue weighted by atomic mass is 32.1. The maximum Gasteiger partial charge on any atom is 0.226 e. The van der Waals surface area contributed by atoms with Crippen LogP contribution in [-0.4, -0.2) is 18.1 Å². The van der Waals surface area contributed by atoms with Crippen LogP contribution in [0.25, 0.3) is 0 Å². The fourth-order valence-electron chi connectivity index (χ4n) is 1.41. The molecule has 0 saturated carbocycles. The molecule has 4 nitrogen and oxygen atoms in total. The molecule has 1 aromatic rings. The molecule has 18 heavy (non-hydrogen) atoms. The minimum absolute atomic E-state index is 0.0783. The molecule has 1 aromatic carbocycles. The lowest BCUT2D eigenvalue weighted by Gasteiger charge is -2.11. The maximum absolute atomic E-state index is 11.5. The highest BCUT2D eigenvalue weighted by molar-refractivity contribution is 7.80. The summed E-state index contributed by atoms with van der Waals surface area (Å²) in [6.07, 6.45) is 0.458. The Morgan fingerprint density at radius 3 is 2.78 bits per heavy atom. The first kappa shape index (κ1) is 14.4. The molecule has 0 fully saturated rings. The Morgan fingerprint density at radius 1 is 1.44 bits per heavy atom. The largest absolute Gasteiger partial charge is 0.497 e. The van der Waals surface area contributed by atoms with E-state index in [-0.39, 0.29) is 5.91 Å². The third-order valence-corrected chi connectivity index (χ3v) is 2.38. The van der Waals surface area contributed by atoms with E-state index in [9.17, 15) is 4.79 Å². The lowest BCUT2D eigenvalue weighted by molar-refractivity contribution is -0.120. The number of thiocarbonyl (C=S) groups is 1. The van der Waals surface area contributed by atoms with Crippen LogP contribution >= 0.6 is 12.2 Å². The summed E-state index contributed by atoms with van der Waals surface area (Å²) < 4.78 is 5.10. The molecule has 0 aliphatic heterocycles. The summed E-state index contributed by atoms with van der Waals surface area (Å²) in [7, 11) is 1.60. The average molecular weight is 266 g/mol. The molecule has 1 amide bonds. The molecule has 0 aliphatic carbocycles. The van der Waals surface area contributed by atoms with Crippen molar-refractivity contribution >= 4 is 28.9 Å². The molecule has 0 aliphatic rings. The summed E-state index contributed by atoms with van der Waals surface area (Å²) in [6, 6.07) is 7.34. The van der Waals surface area contributed by atoms with Crippen molar-refractivity contribution in [1.29, 1.82) is 0 Å². The standard InChI is InChI=1S/C13H18N2O2S/c1-9(2)7-12(16)15-13(18)14-10-5-4-6-11(8-10)17-3/h4-6,8-9H,7H2,1-3H3,(H2,14,15,16,18). The molecule has 0 unspecified atom stereocenters. The normalized spacial score (nSPS) is 10.0. The third-order valence-electron chi connectivity index (χ3n) is 2.17. The van der Waals surface area contributed by atoms with Crippen molar-refractivity contribution in [2.24, 2.45) is 5.92 Å². The summed E-state index contributed by atoms with van der Waals surface area (Å²) in [5.41, 5.74) is 0.782. The number of anilines is 1. The van der Waals surface area contributed by atoms with Gasteiger partial charge >= 0.3 is 0 Å². The molecule has 98 valence electrons. The fourth-order valence-corrected chi connectivity index (χ4v) is 1.64. The minimum Gasteiger partial charge on any atom is -0.497 e. The molecular weight excluding hydrogens is 248 g/mol. The van der Waals surface area contributed by atoms with Crippen LogP contribution < -0.4 is 15.4 Å². The summed E-state index contributed by atoms with van der Waals surface area (Å²) in [4.78, 5) is 11.5. The van der Waals surface area contributed by atoms with Crippen molar-refractivity contribution in [2.75, 3.05) is 12.4 Å². The van der Waals surface area contributed by atoms with Crippen LogP contribution in [0.15, 0.2) is 24.3 Å². The minimum atomic E-state index is -0.0783. The van der Waals surface area contributed by atoms with Gasteiger partial charge in [0.1, 0.15) is 5.75 Å². The van der Waals surface area contributed by atoms with Crippen molar-refractivity contribution in [2.45, 2.75) is 20.3 Å². The Bertz CT molecular complexity index is 433. The van der Waals surface area contributed by atoms with Gasteiger partial charge in [0, 0.05) is 18.2 Å². The van der Waals surface area contributed by atoms with E-state index in [2.05, 4.69) is 10.6 Å². The van der Waals surface area contributed by atoms with Gasteiger partial charge in [-0.3, -0.25) is 4.79 Å². The second kappa shape index (κ2) is 6.96. The number of rotatable bonds is 4. The lowest BCUT2D eigenvalue weighted by atomic mass is 10.1. The Morgan fingerprint density at radius 2 is 2.17 bits per heavy atom. The first-order valence-corrected chi connectivity index (χ1v) is 6.17. The van der Waals surface area contributed by atoms with Crippen molar-refractivity contribution in [3.05, 3.63) is 24.3 Å². The number of nitrogens with one attached hydrogen (secondary N) is 2. The fraction of sp³-hybridized carbons (Fsp3) is 0.385. The maximum atomic E-state index is 11.5. The van der Waals surface area contributed by atoms with Gasteiger partial charge in [0.2, 0.25) is 5.91 Å². The molecule has 2 N–H and O–H groups in total. The molecule has 0 saturated heterocycles. The Hall–Kier alpha value is -1.62. The van der Waals surface area contributed by atoms with E-state index in [1.807, 2.05) is 32.0 Å². The van der Waals surface area contributed by atoms with Gasteiger partial charge in [0.25, 0.3) is 0 Å². The first-order chi connectivity index (χ1) is 8.51. The number of carbonyl (C=O) groups is 1. The van der Waals surface area contributed by atoms with Crippen LogP contribution in [0.1, 0.15) is 20.3 Å². The van der Waals surface area contributed by atoms with Gasteiger partial charge < -0.3 is 15.4 Å². The zero-order chi connectivity index (χ0) is 13.5. The molecule has 5 heteroatoms. The summed E-state index contributed by atoms with van der Waals surface area (Å²) in [6.45, 7) is 3.97. The zero-order valence-corrected chi connectivity index (χ0v) is 11.6. The van der Waals surface area contributed by atoms with Gasteiger partial charge in [-0.2, -0.15) is 0 Å². The highest BCUT2D eigenvalue weighted by Crippen LogP contribution is 2.16. The topological polar surface area (TPSA) is 50.4 Å². The van der Waals surface area contributed by atoms with E-state index >= 15 is 0 Å². The van der Waals surface area contributed by atoms with Crippen molar-refractivity contribution in [3.63, 3.8) is 0 Å². The molecular formula is C13H18N2O2S. The lowest BCUT2D eigenvalue weighted by Crippen LogP contribution is -2.34. The number of methoxy groups -OCH3 is 1. The molecule has 0 spiro atoms. The quantitative estimate of drug-likeness (QED) is 0.822. The molecule has 0 aromatic heterocycles. The van der Waals surface area contributed by atoms with E-state index in [0.717, 1.165) is 11.4 Å². The number of hydrogen-bond donors (Lipinski definition) is 2. The number of carbonyl (C=O) groups excluding carboxylic acids is 1. The molecule has 0 atom stereocenters. The van der Waals surface area contributed by atoms with E-state index in [1.54, 1.807) is 13.2 Å². The molecule has 1 rings (SSSR count). The second-order valence-electron chi connectivity index (χ2n) is 4.33. The Balaban J connectivity index is 2.51. The van der Waals surface area contributed by atoms with Crippen molar-refractivity contribution < 1.29 is 9.53 Å². The van der Waals surface area contributed by atoms with Gasteiger partial charge in [-0.1, -0.05) is 19.9 Å². The molecule has 0 heterocycles. The number of hydrogen-bond acceptors (Lipinski definition) is 3. The monoisotopic (exact) mass is 266 g/mol. The van der Waals surface area contributed by atoms with Gasteiger partial charge in [-0.05, 0) is 30.3 Å². The van der Waals surface area contributed by atoms with Crippen molar-refractivity contribution in [1.82, 2.24) is 5.32 Å². The summed E-state index contributed by atoms with van der Waals surface area (Å²) >= 11 is 5.06. The number of ether oxygens (including phenoxy) is 1.